The Labute approximate surface area is 139 Å². The Bertz CT molecular complexity index is 645. The van der Waals surface area contributed by atoms with Crippen LogP contribution in [0.1, 0.15) is 12.0 Å². The lowest BCUT2D eigenvalue weighted by molar-refractivity contribution is -0.129. The zero-order valence-electron chi connectivity index (χ0n) is 13.2. The maximum Gasteiger partial charge on any atom is 0.249 e. The number of hydrogen-bond donors (Lipinski definition) is 2. The second-order valence-corrected chi connectivity index (χ2v) is 5.97. The quantitative estimate of drug-likeness (QED) is 0.766. The number of benzene rings is 1. The zero-order chi connectivity index (χ0) is 16.7. The number of rotatable bonds is 8. The number of aromatic nitrogens is 2. The van der Waals surface area contributed by atoms with E-state index in [0.29, 0.717) is 13.0 Å². The van der Waals surface area contributed by atoms with Gasteiger partial charge in [0.25, 0.3) is 0 Å². The number of methoxy groups -OCH3 is 1. The molecule has 0 aliphatic carbocycles. The van der Waals surface area contributed by atoms with Crippen LogP contribution in [0, 0.1) is 0 Å². The zero-order valence-corrected chi connectivity index (χ0v) is 14.0. The molecule has 1 amide bonds. The third-order valence-corrected chi connectivity index (χ3v) is 3.98. The summed E-state index contributed by atoms with van der Waals surface area (Å²) in [5, 5.41) is 16.7. The molecule has 0 saturated carbocycles. The van der Waals surface area contributed by atoms with E-state index in [1.54, 1.807) is 29.8 Å². The Kier molecular flexibility index (Phi) is 6.49. The highest BCUT2D eigenvalue weighted by Crippen LogP contribution is 2.21. The molecule has 1 heterocycles. The number of aliphatic hydroxyl groups is 1. The number of ether oxygens (including phenoxy) is 1. The molecule has 2 rings (SSSR count). The van der Waals surface area contributed by atoms with Gasteiger partial charge in [0.2, 0.25) is 5.91 Å². The average Bonchev–Trinajstić information content (AvgIpc) is 3.06. The molecule has 2 aromatic rings. The largest absolute Gasteiger partial charge is 0.494 e. The number of hydrogen-bond acceptors (Lipinski definition) is 5. The molecule has 0 aliphatic heterocycles. The maximum absolute atomic E-state index is 11.8. The molecule has 0 bridgehead atoms. The van der Waals surface area contributed by atoms with Gasteiger partial charge >= 0.3 is 0 Å². The van der Waals surface area contributed by atoms with Crippen molar-refractivity contribution in [2.24, 2.45) is 0 Å². The molecule has 7 heteroatoms. The molecule has 1 atom stereocenters. The van der Waals surface area contributed by atoms with Gasteiger partial charge in [0, 0.05) is 18.3 Å². The van der Waals surface area contributed by atoms with Gasteiger partial charge in [-0.3, -0.25) is 4.79 Å². The van der Waals surface area contributed by atoms with Crippen molar-refractivity contribution < 1.29 is 14.6 Å². The molecule has 0 unspecified atom stereocenters. The predicted octanol–water partition coefficient (Wildman–Crippen LogP) is 1.61. The van der Waals surface area contributed by atoms with E-state index in [0.717, 1.165) is 22.8 Å². The summed E-state index contributed by atoms with van der Waals surface area (Å²) in [4.78, 5) is 11.8. The first-order valence-corrected chi connectivity index (χ1v) is 8.66. The minimum Gasteiger partial charge on any atom is -0.494 e. The fourth-order valence-corrected chi connectivity index (χ4v) is 2.53. The average molecular weight is 335 g/mol. The standard InChI is InChI=1S/C16H21N3O3S/c1-22-15-6-4-3-5-13(15)19-11-12(10-18-19)9-17-16(21)14(20)7-8-23-2/h3-6,10-11,14,20H,7-9H2,1-2H3,(H,17,21)/t14-/m0/s1. The summed E-state index contributed by atoms with van der Waals surface area (Å²) in [5.41, 5.74) is 1.67. The first-order valence-electron chi connectivity index (χ1n) is 7.27. The second-order valence-electron chi connectivity index (χ2n) is 4.98. The van der Waals surface area contributed by atoms with Gasteiger partial charge in [-0.15, -0.1) is 0 Å². The van der Waals surface area contributed by atoms with E-state index in [4.69, 9.17) is 4.74 Å². The topological polar surface area (TPSA) is 76.4 Å². The molecule has 0 fully saturated rings. The molecule has 0 aliphatic rings. The summed E-state index contributed by atoms with van der Waals surface area (Å²) in [7, 11) is 1.61. The van der Waals surface area contributed by atoms with Crippen LogP contribution in [0.2, 0.25) is 0 Å². The van der Waals surface area contributed by atoms with E-state index in [1.165, 1.54) is 0 Å². The van der Waals surface area contributed by atoms with E-state index in [9.17, 15) is 9.90 Å². The van der Waals surface area contributed by atoms with Gasteiger partial charge in [-0.2, -0.15) is 16.9 Å². The van der Waals surface area contributed by atoms with Crippen molar-refractivity contribution in [3.05, 3.63) is 42.2 Å². The predicted molar refractivity (Wildman–Crippen MR) is 91.0 cm³/mol. The van der Waals surface area contributed by atoms with Gasteiger partial charge in [-0.1, -0.05) is 12.1 Å². The van der Waals surface area contributed by atoms with Gasteiger partial charge in [-0.25, -0.2) is 4.68 Å². The van der Waals surface area contributed by atoms with Gasteiger partial charge in [0.1, 0.15) is 17.5 Å². The summed E-state index contributed by atoms with van der Waals surface area (Å²) in [6, 6.07) is 7.56. The van der Waals surface area contributed by atoms with Crippen molar-refractivity contribution in [3.63, 3.8) is 0 Å². The molecule has 6 nitrogen and oxygen atoms in total. The van der Waals surface area contributed by atoms with Crippen molar-refractivity contribution in [3.8, 4) is 11.4 Å². The fraction of sp³-hybridized carbons (Fsp3) is 0.375. The normalized spacial score (nSPS) is 12.0. The smallest absolute Gasteiger partial charge is 0.249 e. The molecular formula is C16H21N3O3S. The van der Waals surface area contributed by atoms with Crippen molar-refractivity contribution >= 4 is 17.7 Å². The third-order valence-electron chi connectivity index (χ3n) is 3.33. The van der Waals surface area contributed by atoms with Gasteiger partial charge in [0.15, 0.2) is 0 Å². The van der Waals surface area contributed by atoms with Crippen LogP contribution in [0.25, 0.3) is 5.69 Å². The molecule has 124 valence electrons. The van der Waals surface area contributed by atoms with E-state index in [2.05, 4.69) is 10.4 Å². The lowest BCUT2D eigenvalue weighted by Gasteiger charge is -2.10. The Hall–Kier alpha value is -1.99. The number of amides is 1. The van der Waals surface area contributed by atoms with Crippen LogP contribution in [0.15, 0.2) is 36.7 Å². The lowest BCUT2D eigenvalue weighted by atomic mass is 10.2. The first kappa shape index (κ1) is 17.4. The Balaban J connectivity index is 1.96. The molecule has 0 spiro atoms. The van der Waals surface area contributed by atoms with Crippen molar-refractivity contribution in [2.75, 3.05) is 19.1 Å². The second kappa shape index (κ2) is 8.59. The summed E-state index contributed by atoms with van der Waals surface area (Å²) in [6.07, 6.45) is 4.93. The van der Waals surface area contributed by atoms with Gasteiger partial charge < -0.3 is 15.2 Å². The van der Waals surface area contributed by atoms with Gasteiger partial charge in [0.05, 0.1) is 13.3 Å². The summed E-state index contributed by atoms with van der Waals surface area (Å²) >= 11 is 1.60. The van der Waals surface area contributed by atoms with Crippen LogP contribution < -0.4 is 10.1 Å². The number of nitrogens with one attached hydrogen (secondary N) is 1. The van der Waals surface area contributed by atoms with Crippen LogP contribution in [0.3, 0.4) is 0 Å². The third kappa shape index (κ3) is 4.74. The highest BCUT2D eigenvalue weighted by atomic mass is 32.2. The Morgan fingerprint density at radius 3 is 3.00 bits per heavy atom. The van der Waals surface area contributed by atoms with Crippen LogP contribution >= 0.6 is 11.8 Å². The van der Waals surface area contributed by atoms with Crippen LogP contribution in [0.5, 0.6) is 5.75 Å². The highest BCUT2D eigenvalue weighted by molar-refractivity contribution is 7.98. The lowest BCUT2D eigenvalue weighted by Crippen LogP contribution is -2.34. The van der Waals surface area contributed by atoms with Crippen molar-refractivity contribution in [2.45, 2.75) is 19.1 Å². The van der Waals surface area contributed by atoms with Gasteiger partial charge in [-0.05, 0) is 30.6 Å². The van der Waals surface area contributed by atoms with Crippen molar-refractivity contribution in [1.82, 2.24) is 15.1 Å². The SMILES string of the molecule is COc1ccccc1-n1cc(CNC(=O)[C@@H](O)CCSC)cn1. The highest BCUT2D eigenvalue weighted by Gasteiger charge is 2.14. The van der Waals surface area contributed by atoms with Crippen LogP contribution in [0.4, 0.5) is 0 Å². The van der Waals surface area contributed by atoms with Crippen LogP contribution in [-0.2, 0) is 11.3 Å². The minimum absolute atomic E-state index is 0.324. The maximum atomic E-state index is 11.8. The number of carbonyl (C=O) groups is 1. The molecule has 1 aromatic heterocycles. The fourth-order valence-electron chi connectivity index (χ4n) is 2.07. The van der Waals surface area contributed by atoms with Crippen molar-refractivity contribution in [1.29, 1.82) is 0 Å². The number of para-hydroxylation sites is 2. The number of carbonyl (C=O) groups excluding carboxylic acids is 1. The Morgan fingerprint density at radius 1 is 1.48 bits per heavy atom. The number of aliphatic hydroxyl groups excluding tert-OH is 1. The molecular weight excluding hydrogens is 314 g/mol. The van der Waals surface area contributed by atoms with Crippen LogP contribution in [-0.4, -0.2) is 46.0 Å². The number of thioether (sulfide) groups is 1. The number of nitrogens with zero attached hydrogens (tertiary/aromatic N) is 2. The molecule has 23 heavy (non-hydrogen) atoms. The van der Waals surface area contributed by atoms with E-state index >= 15 is 0 Å². The molecule has 1 aromatic carbocycles. The summed E-state index contributed by atoms with van der Waals surface area (Å²) < 4.78 is 7.01. The monoisotopic (exact) mass is 335 g/mol. The summed E-state index contributed by atoms with van der Waals surface area (Å²) in [5.74, 6) is 1.11. The first-order chi connectivity index (χ1) is 11.2. The Morgan fingerprint density at radius 2 is 2.26 bits per heavy atom. The minimum atomic E-state index is -0.966. The molecule has 2 N–H and O–H groups in total. The van der Waals surface area contributed by atoms with E-state index in [1.807, 2.05) is 36.7 Å². The molecule has 0 saturated heterocycles. The molecule has 0 radical (unpaired) electrons. The summed E-state index contributed by atoms with van der Waals surface area (Å²) in [6.45, 7) is 0.324. The van der Waals surface area contributed by atoms with E-state index in [-0.39, 0.29) is 5.91 Å². The van der Waals surface area contributed by atoms with E-state index < -0.39 is 6.10 Å².